The monoisotopic (exact) mass is 309 g/mol. The minimum absolute atomic E-state index is 0.242. The molecule has 1 aromatic rings. The van der Waals surface area contributed by atoms with Crippen LogP contribution in [0.1, 0.15) is 13.8 Å². The van der Waals surface area contributed by atoms with Crippen molar-refractivity contribution in [3.05, 3.63) is 41.6 Å². The SMILES string of the molecule is C=C1OC(C)(C)OC(C(=O)C=O)C1Nc1cccc(Cl)c1. The van der Waals surface area contributed by atoms with Gasteiger partial charge in [0, 0.05) is 24.6 Å². The van der Waals surface area contributed by atoms with E-state index in [9.17, 15) is 9.59 Å². The summed E-state index contributed by atoms with van der Waals surface area (Å²) < 4.78 is 11.1. The highest BCUT2D eigenvalue weighted by Gasteiger charge is 2.43. The summed E-state index contributed by atoms with van der Waals surface area (Å²) in [4.78, 5) is 22.6. The molecule has 1 saturated heterocycles. The maximum absolute atomic E-state index is 11.8. The molecule has 1 aromatic carbocycles. The predicted octanol–water partition coefficient (Wildman–Crippen LogP) is 2.55. The maximum atomic E-state index is 11.8. The van der Waals surface area contributed by atoms with Crippen LogP contribution in [0.25, 0.3) is 0 Å². The fraction of sp³-hybridized carbons (Fsp3) is 0.333. The summed E-state index contributed by atoms with van der Waals surface area (Å²) in [6.45, 7) is 7.11. The number of Topliss-reactive ketones (excluding diaryl/α,β-unsaturated/α-hetero) is 1. The Labute approximate surface area is 127 Å². The minimum atomic E-state index is -1.02. The largest absolute Gasteiger partial charge is 0.466 e. The molecule has 1 aliphatic rings. The Morgan fingerprint density at radius 1 is 1.48 bits per heavy atom. The maximum Gasteiger partial charge on any atom is 0.226 e. The number of rotatable bonds is 4. The van der Waals surface area contributed by atoms with Crippen LogP contribution in [0.4, 0.5) is 5.69 Å². The first-order chi connectivity index (χ1) is 9.82. The van der Waals surface area contributed by atoms with Crippen LogP contribution in [0, 0.1) is 0 Å². The van der Waals surface area contributed by atoms with E-state index in [1.807, 2.05) is 0 Å². The molecule has 112 valence electrons. The first kappa shape index (κ1) is 15.5. The molecule has 5 nitrogen and oxygen atoms in total. The Kier molecular flexibility index (Phi) is 4.34. The smallest absolute Gasteiger partial charge is 0.226 e. The molecule has 21 heavy (non-hydrogen) atoms. The van der Waals surface area contributed by atoms with Gasteiger partial charge in [0.1, 0.15) is 11.8 Å². The number of anilines is 1. The number of aldehydes is 1. The van der Waals surface area contributed by atoms with Crippen LogP contribution in [-0.4, -0.2) is 30.0 Å². The highest BCUT2D eigenvalue weighted by Crippen LogP contribution is 2.31. The lowest BCUT2D eigenvalue weighted by atomic mass is 10.0. The van der Waals surface area contributed by atoms with Crippen LogP contribution in [0.3, 0.4) is 0 Å². The second-order valence-corrected chi connectivity index (χ2v) is 5.60. The number of halogens is 1. The van der Waals surface area contributed by atoms with Crippen LogP contribution >= 0.6 is 11.6 Å². The summed E-state index contributed by atoms with van der Waals surface area (Å²) in [6.07, 6.45) is -0.760. The molecule has 1 N–H and O–H groups in total. The van der Waals surface area contributed by atoms with Crippen molar-refractivity contribution in [1.29, 1.82) is 0 Å². The molecule has 2 atom stereocenters. The van der Waals surface area contributed by atoms with Crippen molar-refractivity contribution in [2.24, 2.45) is 0 Å². The van der Waals surface area contributed by atoms with E-state index < -0.39 is 23.7 Å². The van der Waals surface area contributed by atoms with Gasteiger partial charge in [-0.15, -0.1) is 0 Å². The average molecular weight is 310 g/mol. The number of ketones is 1. The minimum Gasteiger partial charge on any atom is -0.466 e. The molecule has 6 heteroatoms. The molecule has 0 spiro atoms. The van der Waals surface area contributed by atoms with Crippen molar-refractivity contribution in [2.45, 2.75) is 31.8 Å². The molecule has 1 heterocycles. The van der Waals surface area contributed by atoms with E-state index in [4.69, 9.17) is 21.1 Å². The first-order valence-electron chi connectivity index (χ1n) is 6.39. The van der Waals surface area contributed by atoms with E-state index in [1.165, 1.54) is 0 Å². The second-order valence-electron chi connectivity index (χ2n) is 5.16. The topological polar surface area (TPSA) is 64.6 Å². The van der Waals surface area contributed by atoms with Gasteiger partial charge in [-0.3, -0.25) is 9.59 Å². The van der Waals surface area contributed by atoms with Crippen molar-refractivity contribution < 1.29 is 19.1 Å². The van der Waals surface area contributed by atoms with Gasteiger partial charge in [0.2, 0.25) is 11.6 Å². The van der Waals surface area contributed by atoms with Crippen LogP contribution in [-0.2, 0) is 19.1 Å². The highest BCUT2D eigenvalue weighted by molar-refractivity contribution is 6.30. The van der Waals surface area contributed by atoms with Crippen LogP contribution < -0.4 is 5.32 Å². The number of hydrogen-bond acceptors (Lipinski definition) is 5. The lowest BCUT2D eigenvalue weighted by Crippen LogP contribution is -2.53. The predicted molar refractivity (Wildman–Crippen MR) is 79.1 cm³/mol. The zero-order valence-electron chi connectivity index (χ0n) is 11.8. The molecule has 1 fully saturated rings. The van der Waals surface area contributed by atoms with Crippen molar-refractivity contribution in [1.82, 2.24) is 0 Å². The average Bonchev–Trinajstić information content (AvgIpc) is 2.40. The molecule has 2 rings (SSSR count). The number of benzene rings is 1. The molecule has 0 radical (unpaired) electrons. The molecule has 0 saturated carbocycles. The normalized spacial score (nSPS) is 24.0. The lowest BCUT2D eigenvalue weighted by Gasteiger charge is -2.41. The second kappa shape index (κ2) is 5.87. The first-order valence-corrected chi connectivity index (χ1v) is 6.77. The van der Waals surface area contributed by atoms with Gasteiger partial charge in [-0.05, 0) is 18.2 Å². The zero-order valence-corrected chi connectivity index (χ0v) is 12.5. The summed E-state index contributed by atoms with van der Waals surface area (Å²) in [5.74, 6) is -1.37. The van der Waals surface area contributed by atoms with Crippen molar-refractivity contribution >= 4 is 29.4 Å². The van der Waals surface area contributed by atoms with E-state index in [1.54, 1.807) is 38.1 Å². The third kappa shape index (κ3) is 3.62. The number of carbonyl (C=O) groups excluding carboxylic acids is 2. The fourth-order valence-corrected chi connectivity index (χ4v) is 2.34. The Hall–Kier alpha value is -1.85. The summed E-state index contributed by atoms with van der Waals surface area (Å²) in [5.41, 5.74) is 0.671. The molecule has 0 amide bonds. The van der Waals surface area contributed by atoms with Crippen molar-refractivity contribution in [3.63, 3.8) is 0 Å². The van der Waals surface area contributed by atoms with E-state index in [0.29, 0.717) is 16.5 Å². The molecule has 0 aliphatic carbocycles. The summed E-state index contributed by atoms with van der Waals surface area (Å²) in [6, 6.07) is 6.29. The summed E-state index contributed by atoms with van der Waals surface area (Å²) in [7, 11) is 0. The van der Waals surface area contributed by atoms with Crippen LogP contribution in [0.5, 0.6) is 0 Å². The van der Waals surface area contributed by atoms with Gasteiger partial charge in [-0.2, -0.15) is 0 Å². The van der Waals surface area contributed by atoms with Crippen LogP contribution in [0.2, 0.25) is 5.02 Å². The van der Waals surface area contributed by atoms with E-state index >= 15 is 0 Å². The highest BCUT2D eigenvalue weighted by atomic mass is 35.5. The third-order valence-electron chi connectivity index (χ3n) is 2.98. The number of carbonyl (C=O) groups is 2. The summed E-state index contributed by atoms with van der Waals surface area (Å²) in [5, 5.41) is 3.60. The number of hydrogen-bond donors (Lipinski definition) is 1. The molecular weight excluding hydrogens is 294 g/mol. The molecule has 1 aliphatic heterocycles. The van der Waals surface area contributed by atoms with E-state index in [-0.39, 0.29) is 6.29 Å². The standard InChI is InChI=1S/C15H16ClNO4/c1-9-13(17-11-6-4-5-10(16)7-11)14(12(19)8-18)21-15(2,3)20-9/h4-8,13-14,17H,1H2,2-3H3. The Morgan fingerprint density at radius 3 is 2.81 bits per heavy atom. The Balaban J connectivity index is 2.27. The fourth-order valence-electron chi connectivity index (χ4n) is 2.15. The van der Waals surface area contributed by atoms with Gasteiger partial charge in [0.25, 0.3) is 0 Å². The van der Waals surface area contributed by atoms with Gasteiger partial charge in [0.05, 0.1) is 0 Å². The molecule has 0 aromatic heterocycles. The van der Waals surface area contributed by atoms with Gasteiger partial charge in [-0.1, -0.05) is 24.2 Å². The molecular formula is C15H16ClNO4. The third-order valence-corrected chi connectivity index (χ3v) is 3.22. The van der Waals surface area contributed by atoms with E-state index in [2.05, 4.69) is 11.9 Å². The van der Waals surface area contributed by atoms with Crippen molar-refractivity contribution in [3.8, 4) is 0 Å². The van der Waals surface area contributed by atoms with Gasteiger partial charge in [-0.25, -0.2) is 0 Å². The Bertz CT molecular complexity index is 585. The quantitative estimate of drug-likeness (QED) is 0.684. The van der Waals surface area contributed by atoms with Crippen LogP contribution in [0.15, 0.2) is 36.6 Å². The van der Waals surface area contributed by atoms with Gasteiger partial charge in [0.15, 0.2) is 12.4 Å². The molecule has 2 unspecified atom stereocenters. The number of nitrogens with one attached hydrogen (secondary N) is 1. The van der Waals surface area contributed by atoms with Gasteiger partial charge >= 0.3 is 0 Å². The van der Waals surface area contributed by atoms with Crippen molar-refractivity contribution in [2.75, 3.05) is 5.32 Å². The van der Waals surface area contributed by atoms with E-state index in [0.717, 1.165) is 0 Å². The summed E-state index contributed by atoms with van der Waals surface area (Å²) >= 11 is 5.92. The number of ether oxygens (including phenoxy) is 2. The molecule has 0 bridgehead atoms. The lowest BCUT2D eigenvalue weighted by molar-refractivity contribution is -0.244. The van der Waals surface area contributed by atoms with Gasteiger partial charge < -0.3 is 14.8 Å². The Morgan fingerprint density at radius 2 is 2.19 bits per heavy atom. The zero-order chi connectivity index (χ0) is 15.6.